The molecule has 21 heavy (non-hydrogen) atoms. The van der Waals surface area contributed by atoms with Crippen molar-refractivity contribution in [1.82, 2.24) is 10.3 Å². The van der Waals surface area contributed by atoms with Crippen molar-refractivity contribution in [2.75, 3.05) is 6.54 Å². The normalized spacial score (nSPS) is 12.2. The number of hydrogen-bond donors (Lipinski definition) is 2. The highest BCUT2D eigenvalue weighted by atomic mass is 32.1. The summed E-state index contributed by atoms with van der Waals surface area (Å²) in [6.45, 7) is -2.99. The molecule has 1 aromatic heterocycles. The third-order valence-electron chi connectivity index (χ3n) is 2.59. The maximum atomic E-state index is 12.1. The number of aliphatic hydroxyl groups is 1. The van der Waals surface area contributed by atoms with Crippen LogP contribution >= 0.6 is 11.3 Å². The summed E-state index contributed by atoms with van der Waals surface area (Å²) >= 11 is 1.28. The van der Waals surface area contributed by atoms with Gasteiger partial charge in [0.1, 0.15) is 11.4 Å². The number of rotatable bonds is 6. The Hall–Kier alpha value is -2.06. The van der Waals surface area contributed by atoms with Gasteiger partial charge < -0.3 is 15.2 Å². The largest absolute Gasteiger partial charge is 0.435 e. The van der Waals surface area contributed by atoms with E-state index >= 15 is 0 Å². The van der Waals surface area contributed by atoms with Crippen molar-refractivity contribution in [2.45, 2.75) is 12.7 Å². The number of carbonyl (C=O) groups excluding carboxylic acids is 1. The summed E-state index contributed by atoms with van der Waals surface area (Å²) in [6.07, 6.45) is -1.03. The third-order valence-corrected chi connectivity index (χ3v) is 3.18. The lowest BCUT2D eigenvalue weighted by molar-refractivity contribution is -0.0499. The van der Waals surface area contributed by atoms with Gasteiger partial charge in [0.15, 0.2) is 0 Å². The number of thiazole rings is 1. The van der Waals surface area contributed by atoms with E-state index in [1.165, 1.54) is 35.0 Å². The SMILES string of the molecule is O=C(NCC(O)c1cccc(OC(F)F)c1)c1cscn1. The Morgan fingerprint density at radius 1 is 1.48 bits per heavy atom. The molecular weight excluding hydrogens is 302 g/mol. The van der Waals surface area contributed by atoms with Crippen molar-refractivity contribution in [3.05, 3.63) is 46.4 Å². The highest BCUT2D eigenvalue weighted by Crippen LogP contribution is 2.20. The van der Waals surface area contributed by atoms with Gasteiger partial charge in [-0.1, -0.05) is 12.1 Å². The molecule has 2 rings (SSSR count). The molecule has 0 spiro atoms. The van der Waals surface area contributed by atoms with E-state index in [9.17, 15) is 18.7 Å². The first kappa shape index (κ1) is 15.3. The van der Waals surface area contributed by atoms with E-state index in [4.69, 9.17) is 0 Å². The van der Waals surface area contributed by atoms with Gasteiger partial charge in [-0.05, 0) is 17.7 Å². The maximum Gasteiger partial charge on any atom is 0.387 e. The predicted molar refractivity (Wildman–Crippen MR) is 72.5 cm³/mol. The lowest BCUT2D eigenvalue weighted by atomic mass is 10.1. The van der Waals surface area contributed by atoms with Crippen molar-refractivity contribution in [3.63, 3.8) is 0 Å². The molecule has 8 heteroatoms. The smallest absolute Gasteiger partial charge is 0.387 e. The first-order chi connectivity index (χ1) is 10.1. The number of halogens is 2. The molecule has 1 unspecified atom stereocenters. The Kier molecular flexibility index (Phi) is 5.18. The van der Waals surface area contributed by atoms with Crippen LogP contribution in [0, 0.1) is 0 Å². The van der Waals surface area contributed by atoms with Crippen molar-refractivity contribution in [3.8, 4) is 5.75 Å². The van der Waals surface area contributed by atoms with Crippen molar-refractivity contribution in [1.29, 1.82) is 0 Å². The predicted octanol–water partition coefficient (Wildman–Crippen LogP) is 2.21. The van der Waals surface area contributed by atoms with Crippen LogP contribution in [0.3, 0.4) is 0 Å². The molecule has 0 radical (unpaired) electrons. The van der Waals surface area contributed by atoms with Gasteiger partial charge in [0.25, 0.3) is 5.91 Å². The molecule has 0 fully saturated rings. The highest BCUT2D eigenvalue weighted by molar-refractivity contribution is 7.07. The van der Waals surface area contributed by atoms with Crippen LogP contribution < -0.4 is 10.1 Å². The van der Waals surface area contributed by atoms with Gasteiger partial charge in [-0.15, -0.1) is 11.3 Å². The summed E-state index contributed by atoms with van der Waals surface area (Å²) in [7, 11) is 0. The number of hydrogen-bond acceptors (Lipinski definition) is 5. The molecule has 0 saturated carbocycles. The average molecular weight is 314 g/mol. The summed E-state index contributed by atoms with van der Waals surface area (Å²) in [5.74, 6) is -0.456. The number of nitrogens with one attached hydrogen (secondary N) is 1. The van der Waals surface area contributed by atoms with Gasteiger partial charge in [-0.2, -0.15) is 8.78 Å². The third kappa shape index (κ3) is 4.47. The second-order valence-electron chi connectivity index (χ2n) is 4.05. The summed E-state index contributed by atoms with van der Waals surface area (Å²) in [6, 6.07) is 5.69. The molecule has 2 aromatic rings. The quantitative estimate of drug-likeness (QED) is 0.857. The number of aromatic nitrogens is 1. The molecular formula is C13H12F2N2O3S. The number of alkyl halides is 2. The van der Waals surface area contributed by atoms with Crippen LogP contribution in [0.2, 0.25) is 0 Å². The molecule has 5 nitrogen and oxygen atoms in total. The van der Waals surface area contributed by atoms with Crippen molar-refractivity contribution in [2.24, 2.45) is 0 Å². The Morgan fingerprint density at radius 3 is 2.95 bits per heavy atom. The zero-order valence-electron chi connectivity index (χ0n) is 10.7. The van der Waals surface area contributed by atoms with Crippen LogP contribution in [-0.4, -0.2) is 29.2 Å². The molecule has 1 heterocycles. The fourth-order valence-corrected chi connectivity index (χ4v) is 2.15. The minimum absolute atomic E-state index is 0.0487. The Morgan fingerprint density at radius 2 is 2.29 bits per heavy atom. The zero-order valence-corrected chi connectivity index (χ0v) is 11.5. The second kappa shape index (κ2) is 7.09. The number of benzene rings is 1. The summed E-state index contributed by atoms with van der Waals surface area (Å²) in [4.78, 5) is 15.5. The standard InChI is InChI=1S/C13H12F2N2O3S/c14-13(15)20-9-3-1-2-8(4-9)11(18)5-16-12(19)10-6-21-7-17-10/h1-4,6-7,11,13,18H,5H2,(H,16,19). The Bertz CT molecular complexity index is 593. The Balaban J connectivity index is 1.94. The lowest BCUT2D eigenvalue weighted by Gasteiger charge is -2.13. The summed E-state index contributed by atoms with van der Waals surface area (Å²) in [5, 5.41) is 14.0. The number of ether oxygens (including phenoxy) is 1. The van der Waals surface area contributed by atoms with Gasteiger partial charge in [0.2, 0.25) is 0 Å². The van der Waals surface area contributed by atoms with Gasteiger partial charge in [-0.25, -0.2) is 4.98 Å². The molecule has 1 amide bonds. The van der Waals surface area contributed by atoms with E-state index in [1.54, 1.807) is 11.4 Å². The molecule has 0 aliphatic heterocycles. The van der Waals surface area contributed by atoms with E-state index in [-0.39, 0.29) is 18.0 Å². The van der Waals surface area contributed by atoms with E-state index in [1.807, 2.05) is 0 Å². The molecule has 112 valence electrons. The number of amides is 1. The number of nitrogens with zero attached hydrogens (tertiary/aromatic N) is 1. The van der Waals surface area contributed by atoms with Crippen LogP contribution in [0.15, 0.2) is 35.2 Å². The average Bonchev–Trinajstić information content (AvgIpc) is 2.98. The molecule has 0 aliphatic rings. The Labute approximate surface area is 123 Å². The molecule has 1 atom stereocenters. The van der Waals surface area contributed by atoms with E-state index in [0.29, 0.717) is 5.56 Å². The van der Waals surface area contributed by atoms with Gasteiger partial charge in [0, 0.05) is 11.9 Å². The van der Waals surface area contributed by atoms with E-state index < -0.39 is 18.6 Å². The topological polar surface area (TPSA) is 71.5 Å². The lowest BCUT2D eigenvalue weighted by Crippen LogP contribution is -2.28. The van der Waals surface area contributed by atoms with Gasteiger partial charge in [-0.3, -0.25) is 4.79 Å². The number of carbonyl (C=O) groups is 1. The summed E-state index contributed by atoms with van der Waals surface area (Å²) in [5.41, 5.74) is 2.16. The first-order valence-electron chi connectivity index (χ1n) is 5.95. The molecule has 2 N–H and O–H groups in total. The number of aliphatic hydroxyl groups excluding tert-OH is 1. The fourth-order valence-electron chi connectivity index (χ4n) is 1.62. The molecule has 0 bridgehead atoms. The van der Waals surface area contributed by atoms with Gasteiger partial charge in [0.05, 0.1) is 11.6 Å². The molecule has 1 aromatic carbocycles. The first-order valence-corrected chi connectivity index (χ1v) is 6.90. The molecule has 0 saturated heterocycles. The van der Waals surface area contributed by atoms with E-state index in [2.05, 4.69) is 15.0 Å². The van der Waals surface area contributed by atoms with Crippen LogP contribution in [0.4, 0.5) is 8.78 Å². The van der Waals surface area contributed by atoms with Crippen LogP contribution in [0.1, 0.15) is 22.2 Å². The van der Waals surface area contributed by atoms with E-state index in [0.717, 1.165) is 0 Å². The maximum absolute atomic E-state index is 12.1. The fraction of sp³-hybridized carbons (Fsp3) is 0.231. The van der Waals surface area contributed by atoms with Crippen molar-refractivity contribution >= 4 is 17.2 Å². The second-order valence-corrected chi connectivity index (χ2v) is 4.77. The minimum Gasteiger partial charge on any atom is -0.435 e. The molecule has 0 aliphatic carbocycles. The monoisotopic (exact) mass is 314 g/mol. The highest BCUT2D eigenvalue weighted by Gasteiger charge is 2.13. The van der Waals surface area contributed by atoms with Crippen LogP contribution in [0.5, 0.6) is 5.75 Å². The summed E-state index contributed by atoms with van der Waals surface area (Å²) < 4.78 is 28.5. The van der Waals surface area contributed by atoms with Gasteiger partial charge >= 0.3 is 6.61 Å². The van der Waals surface area contributed by atoms with Crippen LogP contribution in [0.25, 0.3) is 0 Å². The minimum atomic E-state index is -2.93. The van der Waals surface area contributed by atoms with Crippen molar-refractivity contribution < 1.29 is 23.4 Å². The zero-order chi connectivity index (χ0) is 15.2. The van der Waals surface area contributed by atoms with Crippen LogP contribution in [-0.2, 0) is 0 Å².